The summed E-state index contributed by atoms with van der Waals surface area (Å²) < 4.78 is 27.7. The third-order valence-electron chi connectivity index (χ3n) is 4.86. The maximum Gasteiger partial charge on any atom is 0.248 e. The normalized spacial score (nSPS) is 21.3. The number of halogens is 2. The molecule has 0 spiro atoms. The van der Waals surface area contributed by atoms with E-state index >= 15 is 0 Å². The van der Waals surface area contributed by atoms with E-state index in [-0.39, 0.29) is 18.0 Å². The summed E-state index contributed by atoms with van der Waals surface area (Å²) in [6.07, 6.45) is 5.04. The Bertz CT molecular complexity index is 1040. The zero-order valence-corrected chi connectivity index (χ0v) is 14.3. The molecule has 0 saturated heterocycles. The molecule has 2 aromatic rings. The number of H-pyrrole nitrogens is 1. The molecule has 1 aromatic heterocycles. The second-order valence-electron chi connectivity index (χ2n) is 6.65. The number of rotatable bonds is 3. The van der Waals surface area contributed by atoms with Crippen molar-refractivity contribution >= 4 is 23.1 Å². The largest absolute Gasteiger partial charge is 0.361 e. The van der Waals surface area contributed by atoms with Gasteiger partial charge in [-0.25, -0.2) is 18.8 Å². The SMILES string of the molecule is CC(C)C12NC=CN=C1N=CN2Cc1cc(=O)[nH]c2c(F)c(F)ccc12. The second kappa shape index (κ2) is 5.76. The molecule has 0 radical (unpaired) electrons. The van der Waals surface area contributed by atoms with Crippen LogP contribution in [0.4, 0.5) is 8.78 Å². The fourth-order valence-electron chi connectivity index (χ4n) is 3.57. The number of benzene rings is 1. The van der Waals surface area contributed by atoms with Crippen LogP contribution in [0.25, 0.3) is 10.9 Å². The summed E-state index contributed by atoms with van der Waals surface area (Å²) in [5, 5.41) is 3.77. The van der Waals surface area contributed by atoms with Crippen LogP contribution in [-0.4, -0.2) is 27.7 Å². The van der Waals surface area contributed by atoms with Crippen LogP contribution in [0.1, 0.15) is 19.4 Å². The third-order valence-corrected chi connectivity index (χ3v) is 4.86. The number of hydrogen-bond donors (Lipinski definition) is 2. The van der Waals surface area contributed by atoms with Gasteiger partial charge in [-0.1, -0.05) is 13.8 Å². The van der Waals surface area contributed by atoms with E-state index in [1.807, 2.05) is 18.7 Å². The average molecular weight is 357 g/mol. The van der Waals surface area contributed by atoms with Crippen molar-refractivity contribution in [2.75, 3.05) is 0 Å². The van der Waals surface area contributed by atoms with Crippen molar-refractivity contribution < 1.29 is 8.78 Å². The van der Waals surface area contributed by atoms with E-state index in [4.69, 9.17) is 0 Å². The van der Waals surface area contributed by atoms with Gasteiger partial charge >= 0.3 is 0 Å². The number of hydrogen-bond acceptors (Lipinski definition) is 5. The fraction of sp³-hybridized carbons (Fsp3) is 0.278. The molecule has 6 nitrogen and oxygen atoms in total. The first-order valence-electron chi connectivity index (χ1n) is 8.25. The van der Waals surface area contributed by atoms with Crippen LogP contribution in [0.5, 0.6) is 0 Å². The summed E-state index contributed by atoms with van der Waals surface area (Å²) in [5.74, 6) is -1.33. The first-order valence-corrected chi connectivity index (χ1v) is 8.25. The number of fused-ring (bicyclic) bond motifs is 2. The monoisotopic (exact) mass is 357 g/mol. The Kier molecular flexibility index (Phi) is 3.64. The lowest BCUT2D eigenvalue weighted by atomic mass is 9.92. The molecule has 4 rings (SSSR count). The van der Waals surface area contributed by atoms with Gasteiger partial charge in [0, 0.05) is 36.3 Å². The molecule has 0 aliphatic carbocycles. The number of nitrogens with zero attached hydrogens (tertiary/aromatic N) is 3. The van der Waals surface area contributed by atoms with Gasteiger partial charge in [-0.15, -0.1) is 0 Å². The zero-order chi connectivity index (χ0) is 18.5. The molecule has 1 unspecified atom stereocenters. The number of aromatic nitrogens is 1. The van der Waals surface area contributed by atoms with Crippen molar-refractivity contribution in [1.82, 2.24) is 15.2 Å². The predicted octanol–water partition coefficient (Wildman–Crippen LogP) is 2.48. The van der Waals surface area contributed by atoms with Crippen LogP contribution in [0.2, 0.25) is 0 Å². The highest BCUT2D eigenvalue weighted by Gasteiger charge is 2.47. The van der Waals surface area contributed by atoms with Crippen LogP contribution in [0.15, 0.2) is 45.4 Å². The molecule has 26 heavy (non-hydrogen) atoms. The summed E-state index contributed by atoms with van der Waals surface area (Å²) in [5.41, 5.74) is -0.695. The van der Waals surface area contributed by atoms with E-state index in [0.29, 0.717) is 16.8 Å². The summed E-state index contributed by atoms with van der Waals surface area (Å²) in [6.45, 7) is 4.36. The lowest BCUT2D eigenvalue weighted by Crippen LogP contribution is -2.62. The molecule has 0 saturated carbocycles. The summed E-state index contributed by atoms with van der Waals surface area (Å²) in [6, 6.07) is 3.93. The topological polar surface area (TPSA) is 72.8 Å². The molecule has 2 aliphatic rings. The number of amidine groups is 1. The Balaban J connectivity index is 1.82. The van der Waals surface area contributed by atoms with Crippen LogP contribution < -0.4 is 10.9 Å². The van der Waals surface area contributed by atoms with Crippen LogP contribution in [0.3, 0.4) is 0 Å². The number of aromatic amines is 1. The molecule has 8 heteroatoms. The minimum Gasteiger partial charge on any atom is -0.361 e. The van der Waals surface area contributed by atoms with Gasteiger partial charge < -0.3 is 15.2 Å². The van der Waals surface area contributed by atoms with Crippen molar-refractivity contribution in [3.8, 4) is 0 Å². The van der Waals surface area contributed by atoms with Crippen molar-refractivity contribution in [2.45, 2.75) is 26.1 Å². The highest BCUT2D eigenvalue weighted by Crippen LogP contribution is 2.32. The average Bonchev–Trinajstić information content (AvgIpc) is 2.98. The standard InChI is InChI=1S/C18H17F2N5O/c1-10(2)18-17(21-5-6-23-18)22-9-25(18)8-11-7-14(26)24-16-12(11)3-4-13(19)15(16)20/h3-7,9-10,23H,8H2,1-2H3,(H,24,26). The smallest absolute Gasteiger partial charge is 0.248 e. The van der Waals surface area contributed by atoms with Crippen molar-refractivity contribution in [2.24, 2.45) is 15.9 Å². The quantitative estimate of drug-likeness (QED) is 0.886. The Morgan fingerprint density at radius 2 is 2.12 bits per heavy atom. The molecule has 1 atom stereocenters. The molecular formula is C18H17F2N5O. The molecule has 2 aliphatic heterocycles. The Hall–Kier alpha value is -3.03. The van der Waals surface area contributed by atoms with Gasteiger partial charge in [-0.3, -0.25) is 4.79 Å². The van der Waals surface area contributed by atoms with Gasteiger partial charge in [-0.05, 0) is 17.7 Å². The molecule has 0 amide bonds. The molecule has 0 bridgehead atoms. The highest BCUT2D eigenvalue weighted by molar-refractivity contribution is 6.03. The maximum absolute atomic E-state index is 14.1. The highest BCUT2D eigenvalue weighted by atomic mass is 19.2. The van der Waals surface area contributed by atoms with E-state index in [2.05, 4.69) is 20.3 Å². The molecule has 1 aromatic carbocycles. The van der Waals surface area contributed by atoms with Gasteiger partial charge in [0.15, 0.2) is 23.1 Å². The lowest BCUT2D eigenvalue weighted by molar-refractivity contribution is 0.167. The lowest BCUT2D eigenvalue weighted by Gasteiger charge is -2.42. The van der Waals surface area contributed by atoms with Crippen molar-refractivity contribution in [3.05, 3.63) is 58.2 Å². The maximum atomic E-state index is 14.1. The van der Waals surface area contributed by atoms with E-state index in [0.717, 1.165) is 6.07 Å². The van der Waals surface area contributed by atoms with Gasteiger partial charge in [-0.2, -0.15) is 0 Å². The van der Waals surface area contributed by atoms with E-state index in [1.165, 1.54) is 12.1 Å². The Morgan fingerprint density at radius 1 is 1.31 bits per heavy atom. The molecule has 2 N–H and O–H groups in total. The molecule has 134 valence electrons. The summed E-state index contributed by atoms with van der Waals surface area (Å²) in [4.78, 5) is 25.0. The third kappa shape index (κ3) is 2.25. The Morgan fingerprint density at radius 3 is 2.88 bits per heavy atom. The van der Waals surface area contributed by atoms with Crippen LogP contribution >= 0.6 is 0 Å². The van der Waals surface area contributed by atoms with Crippen LogP contribution in [0, 0.1) is 17.6 Å². The first kappa shape index (κ1) is 16.4. The van der Waals surface area contributed by atoms with Gasteiger partial charge in [0.1, 0.15) is 0 Å². The number of nitrogens with one attached hydrogen (secondary N) is 2. The number of aliphatic imine (C=N–C) groups is 2. The van der Waals surface area contributed by atoms with E-state index < -0.39 is 22.9 Å². The predicted molar refractivity (Wildman–Crippen MR) is 95.8 cm³/mol. The van der Waals surface area contributed by atoms with Crippen molar-refractivity contribution in [1.29, 1.82) is 0 Å². The van der Waals surface area contributed by atoms with Gasteiger partial charge in [0.25, 0.3) is 0 Å². The Labute approximate surface area is 148 Å². The molecule has 0 fully saturated rings. The van der Waals surface area contributed by atoms with Gasteiger partial charge in [0.05, 0.1) is 11.9 Å². The summed E-state index contributed by atoms with van der Waals surface area (Å²) in [7, 11) is 0. The number of pyridine rings is 1. The van der Waals surface area contributed by atoms with E-state index in [1.54, 1.807) is 18.7 Å². The minimum atomic E-state index is -1.06. The van der Waals surface area contributed by atoms with Crippen LogP contribution in [-0.2, 0) is 6.54 Å². The summed E-state index contributed by atoms with van der Waals surface area (Å²) >= 11 is 0. The fourth-order valence-corrected chi connectivity index (χ4v) is 3.57. The van der Waals surface area contributed by atoms with Gasteiger partial charge in [0.2, 0.25) is 5.56 Å². The molecular weight excluding hydrogens is 340 g/mol. The first-order chi connectivity index (χ1) is 12.4. The minimum absolute atomic E-state index is 0.108. The zero-order valence-electron chi connectivity index (χ0n) is 14.3. The van der Waals surface area contributed by atoms with Crippen molar-refractivity contribution in [3.63, 3.8) is 0 Å². The van der Waals surface area contributed by atoms with E-state index in [9.17, 15) is 13.6 Å². The second-order valence-corrected chi connectivity index (χ2v) is 6.65. The molecule has 3 heterocycles.